The van der Waals surface area contributed by atoms with Crippen LogP contribution in [0.3, 0.4) is 0 Å². The second kappa shape index (κ2) is 5.51. The first-order valence-corrected chi connectivity index (χ1v) is 8.89. The summed E-state index contributed by atoms with van der Waals surface area (Å²) in [5.41, 5.74) is -0.424. The van der Waals surface area contributed by atoms with Crippen LogP contribution in [-0.2, 0) is 15.4 Å². The lowest BCUT2D eigenvalue weighted by atomic mass is 9.95. The Morgan fingerprint density at radius 3 is 1.96 bits per heavy atom. The smallest absolute Gasteiger partial charge is 0.280 e. The van der Waals surface area contributed by atoms with Crippen LogP contribution in [0.2, 0.25) is 0 Å². The summed E-state index contributed by atoms with van der Waals surface area (Å²) in [5, 5.41) is 0. The largest absolute Gasteiger partial charge is 0.398 e. The predicted molar refractivity (Wildman–Crippen MR) is 85.4 cm³/mol. The van der Waals surface area contributed by atoms with Crippen LogP contribution in [0.5, 0.6) is 0 Å². The number of hydrogen-bond donors (Lipinski definition) is 1. The maximum absolute atomic E-state index is 13.1. The summed E-state index contributed by atoms with van der Waals surface area (Å²) >= 11 is 0. The van der Waals surface area contributed by atoms with E-state index in [-0.39, 0.29) is 29.0 Å². The third-order valence-corrected chi connectivity index (χ3v) is 5.71. The van der Waals surface area contributed by atoms with Crippen LogP contribution in [0, 0.1) is 6.92 Å². The molecule has 0 atom stereocenters. The van der Waals surface area contributed by atoms with Crippen LogP contribution in [0.4, 0.5) is 18.9 Å². The summed E-state index contributed by atoms with van der Waals surface area (Å²) in [6.45, 7) is 1.84. The molecule has 128 valence electrons. The number of anilines is 1. The van der Waals surface area contributed by atoms with E-state index in [0.717, 1.165) is 5.56 Å². The number of halogens is 3. The Morgan fingerprint density at radius 2 is 1.50 bits per heavy atom. The molecular weight excluding hydrogens is 339 g/mol. The van der Waals surface area contributed by atoms with Crippen LogP contribution >= 0.6 is 0 Å². The van der Waals surface area contributed by atoms with Gasteiger partial charge in [-0.25, -0.2) is 8.42 Å². The first-order valence-electron chi connectivity index (χ1n) is 7.41. The van der Waals surface area contributed by atoms with Crippen LogP contribution in [-0.4, -0.2) is 14.6 Å². The number of rotatable bonds is 4. The minimum atomic E-state index is -4.28. The molecule has 1 aliphatic carbocycles. The van der Waals surface area contributed by atoms with E-state index in [0.29, 0.717) is 0 Å². The van der Waals surface area contributed by atoms with E-state index < -0.39 is 21.6 Å². The molecule has 0 aliphatic heterocycles. The van der Waals surface area contributed by atoms with Gasteiger partial charge < -0.3 is 0 Å². The van der Waals surface area contributed by atoms with Crippen molar-refractivity contribution in [1.29, 1.82) is 0 Å². The van der Waals surface area contributed by atoms with Crippen molar-refractivity contribution >= 4 is 15.7 Å². The maximum atomic E-state index is 13.1. The van der Waals surface area contributed by atoms with E-state index in [1.807, 2.05) is 6.92 Å². The van der Waals surface area contributed by atoms with Crippen molar-refractivity contribution in [3.63, 3.8) is 0 Å². The van der Waals surface area contributed by atoms with Crippen molar-refractivity contribution in [2.24, 2.45) is 0 Å². The fourth-order valence-electron chi connectivity index (χ4n) is 2.65. The number of benzene rings is 2. The standard InChI is InChI=1S/C17H16F3NO2S/c1-12-2-8-15(9-3-12)24(22,23)21-14-6-4-13(5-7-14)16(10-11-16)17(18,19)20/h2-9,21H,10-11H2,1H3. The van der Waals surface area contributed by atoms with Gasteiger partial charge in [0.1, 0.15) is 0 Å². The lowest BCUT2D eigenvalue weighted by molar-refractivity contribution is -0.160. The van der Waals surface area contributed by atoms with Crippen molar-refractivity contribution in [3.8, 4) is 0 Å². The Kier molecular flexibility index (Phi) is 3.86. The zero-order valence-electron chi connectivity index (χ0n) is 12.9. The normalized spacial score (nSPS) is 16.7. The fourth-order valence-corrected chi connectivity index (χ4v) is 3.71. The summed E-state index contributed by atoms with van der Waals surface area (Å²) in [6, 6.07) is 11.7. The Bertz CT molecular complexity index is 837. The Morgan fingerprint density at radius 1 is 0.958 bits per heavy atom. The van der Waals surface area contributed by atoms with Crippen molar-refractivity contribution < 1.29 is 21.6 Å². The van der Waals surface area contributed by atoms with Crippen molar-refractivity contribution in [2.45, 2.75) is 36.3 Å². The summed E-state index contributed by atoms with van der Waals surface area (Å²) < 4.78 is 66.2. The molecule has 0 unspecified atom stereocenters. The van der Waals surface area contributed by atoms with E-state index >= 15 is 0 Å². The zero-order valence-corrected chi connectivity index (χ0v) is 13.7. The summed E-state index contributed by atoms with van der Waals surface area (Å²) in [5.74, 6) is 0. The highest BCUT2D eigenvalue weighted by atomic mass is 32.2. The van der Waals surface area contributed by atoms with Crippen LogP contribution in [0.25, 0.3) is 0 Å². The highest BCUT2D eigenvalue weighted by molar-refractivity contribution is 7.92. The molecule has 7 heteroatoms. The molecule has 1 fully saturated rings. The molecule has 2 aromatic rings. The summed E-state index contributed by atoms with van der Waals surface area (Å²) in [4.78, 5) is 0.103. The molecule has 0 heterocycles. The van der Waals surface area contributed by atoms with Gasteiger partial charge in [-0.15, -0.1) is 0 Å². The molecular formula is C17H16F3NO2S. The molecule has 3 nitrogen and oxygen atoms in total. The molecule has 0 bridgehead atoms. The van der Waals surface area contributed by atoms with Crippen molar-refractivity contribution in [3.05, 3.63) is 59.7 Å². The second-order valence-electron chi connectivity index (χ2n) is 6.08. The van der Waals surface area contributed by atoms with Gasteiger partial charge in [0.05, 0.1) is 10.3 Å². The Hall–Kier alpha value is -2.02. The zero-order chi connectivity index (χ0) is 17.6. The van der Waals surface area contributed by atoms with Gasteiger partial charge >= 0.3 is 6.18 Å². The third kappa shape index (κ3) is 3.00. The molecule has 24 heavy (non-hydrogen) atoms. The quantitative estimate of drug-likeness (QED) is 0.884. The fraction of sp³-hybridized carbons (Fsp3) is 0.294. The molecule has 1 N–H and O–H groups in total. The summed E-state index contributed by atoms with van der Waals surface area (Å²) in [7, 11) is -3.76. The molecule has 0 amide bonds. The molecule has 1 saturated carbocycles. The van der Waals surface area contributed by atoms with Gasteiger partial charge in [-0.1, -0.05) is 29.8 Å². The number of alkyl halides is 3. The molecule has 0 radical (unpaired) electrons. The van der Waals surface area contributed by atoms with Crippen LogP contribution in [0.15, 0.2) is 53.4 Å². The summed E-state index contributed by atoms with van der Waals surface area (Å²) in [6.07, 6.45) is -4.13. The Labute approximate surface area is 138 Å². The van der Waals surface area contributed by atoms with Gasteiger partial charge in [0.25, 0.3) is 10.0 Å². The first-order chi connectivity index (χ1) is 11.1. The van der Waals surface area contributed by atoms with E-state index in [4.69, 9.17) is 0 Å². The highest BCUT2D eigenvalue weighted by Crippen LogP contribution is 2.58. The van der Waals surface area contributed by atoms with E-state index in [1.165, 1.54) is 36.4 Å². The second-order valence-corrected chi connectivity index (χ2v) is 7.76. The maximum Gasteiger partial charge on any atom is 0.398 e. The average Bonchev–Trinajstić information content (AvgIpc) is 3.29. The van der Waals surface area contributed by atoms with Gasteiger partial charge in [-0.3, -0.25) is 4.72 Å². The molecule has 0 saturated heterocycles. The first kappa shape index (κ1) is 16.8. The SMILES string of the molecule is Cc1ccc(S(=O)(=O)Nc2ccc(C3(C(F)(F)F)CC3)cc2)cc1. The van der Waals surface area contributed by atoms with E-state index in [2.05, 4.69) is 4.72 Å². The van der Waals surface area contributed by atoms with Gasteiger partial charge in [0.2, 0.25) is 0 Å². The molecule has 0 spiro atoms. The van der Waals surface area contributed by atoms with Crippen molar-refractivity contribution in [2.75, 3.05) is 4.72 Å². The van der Waals surface area contributed by atoms with E-state index in [9.17, 15) is 21.6 Å². The highest BCUT2D eigenvalue weighted by Gasteiger charge is 2.64. The number of hydrogen-bond acceptors (Lipinski definition) is 2. The Balaban J connectivity index is 1.81. The number of sulfonamides is 1. The van der Waals surface area contributed by atoms with Crippen molar-refractivity contribution in [1.82, 2.24) is 0 Å². The molecule has 2 aromatic carbocycles. The van der Waals surface area contributed by atoms with Gasteiger partial charge in [0.15, 0.2) is 0 Å². The molecule has 0 aromatic heterocycles. The predicted octanol–water partition coefficient (Wildman–Crippen LogP) is 4.39. The van der Waals surface area contributed by atoms with Gasteiger partial charge in [-0.05, 0) is 49.6 Å². The van der Waals surface area contributed by atoms with Gasteiger partial charge in [0, 0.05) is 5.69 Å². The lowest BCUT2D eigenvalue weighted by Crippen LogP contribution is -2.28. The number of aryl methyl sites for hydroxylation is 1. The van der Waals surface area contributed by atoms with E-state index in [1.54, 1.807) is 12.1 Å². The number of nitrogens with one attached hydrogen (secondary N) is 1. The minimum Gasteiger partial charge on any atom is -0.280 e. The minimum absolute atomic E-state index is 0.0743. The average molecular weight is 355 g/mol. The van der Waals surface area contributed by atoms with Crippen LogP contribution < -0.4 is 4.72 Å². The molecule has 1 aliphatic rings. The monoisotopic (exact) mass is 355 g/mol. The van der Waals surface area contributed by atoms with Crippen LogP contribution in [0.1, 0.15) is 24.0 Å². The molecule has 3 rings (SSSR count). The lowest BCUT2D eigenvalue weighted by Gasteiger charge is -2.20. The third-order valence-electron chi connectivity index (χ3n) is 4.31. The topological polar surface area (TPSA) is 46.2 Å². The van der Waals surface area contributed by atoms with Gasteiger partial charge in [-0.2, -0.15) is 13.2 Å².